The second-order valence-electron chi connectivity index (χ2n) is 8.14. The Bertz CT molecular complexity index is 1300. The van der Waals surface area contributed by atoms with Gasteiger partial charge in [-0.1, -0.05) is 42.5 Å². The van der Waals surface area contributed by atoms with E-state index in [1.807, 2.05) is 54.2 Å². The second kappa shape index (κ2) is 10.5. The summed E-state index contributed by atoms with van der Waals surface area (Å²) < 4.78 is 2.01. The molecule has 0 aliphatic rings. The van der Waals surface area contributed by atoms with Gasteiger partial charge in [-0.2, -0.15) is 5.26 Å². The van der Waals surface area contributed by atoms with Gasteiger partial charge in [0.1, 0.15) is 11.8 Å². The van der Waals surface area contributed by atoms with Gasteiger partial charge in [0.05, 0.1) is 30.5 Å². The van der Waals surface area contributed by atoms with Crippen molar-refractivity contribution in [3.8, 4) is 17.2 Å². The maximum atomic E-state index is 11.7. The van der Waals surface area contributed by atoms with E-state index in [9.17, 15) is 4.79 Å². The molecule has 0 atom stereocenters. The predicted octanol–water partition coefficient (Wildman–Crippen LogP) is 4.09. The third-order valence-corrected chi connectivity index (χ3v) is 5.85. The van der Waals surface area contributed by atoms with Crippen LogP contribution in [0.25, 0.3) is 11.1 Å². The highest BCUT2D eigenvalue weighted by molar-refractivity contribution is 5.99. The summed E-state index contributed by atoms with van der Waals surface area (Å²) in [5.74, 6) is -0.425. The van der Waals surface area contributed by atoms with E-state index in [1.54, 1.807) is 24.7 Å². The summed E-state index contributed by atoms with van der Waals surface area (Å²) >= 11 is 0. The average Bonchev–Trinajstić information content (AvgIpc) is 3.28. The lowest BCUT2D eigenvalue weighted by atomic mass is 9.97. The Morgan fingerprint density at radius 1 is 1.09 bits per heavy atom. The molecule has 0 saturated heterocycles. The number of rotatable bonds is 9. The maximum absolute atomic E-state index is 11.7. The van der Waals surface area contributed by atoms with Crippen LogP contribution >= 0.6 is 0 Å². The molecule has 0 aliphatic carbocycles. The van der Waals surface area contributed by atoms with Crippen LogP contribution in [0.2, 0.25) is 0 Å². The molecule has 0 unspecified atom stereocenters. The molecule has 0 radical (unpaired) electrons. The SMILES string of the molecule is Cn1cncc1CN(CCCc1ccc(-c2ccccc2C(N)=O)cc1)c1ccc(C#N)nc1. The fourth-order valence-electron chi connectivity index (χ4n) is 3.95. The normalized spacial score (nSPS) is 10.6. The third-order valence-electron chi connectivity index (χ3n) is 5.85. The van der Waals surface area contributed by atoms with E-state index in [1.165, 1.54) is 5.56 Å². The molecule has 0 aliphatic heterocycles. The summed E-state index contributed by atoms with van der Waals surface area (Å²) in [5, 5.41) is 9.05. The number of pyridine rings is 1. The van der Waals surface area contributed by atoms with E-state index in [4.69, 9.17) is 11.0 Å². The fraction of sp³-hybridized carbons (Fsp3) is 0.185. The molecule has 2 N–H and O–H groups in total. The lowest BCUT2D eigenvalue weighted by molar-refractivity contribution is 0.100. The first-order valence-corrected chi connectivity index (χ1v) is 11.1. The number of primary amides is 1. The smallest absolute Gasteiger partial charge is 0.249 e. The van der Waals surface area contributed by atoms with Crippen LogP contribution in [-0.4, -0.2) is 27.0 Å². The van der Waals surface area contributed by atoms with E-state index >= 15 is 0 Å². The number of aromatic nitrogens is 3. The van der Waals surface area contributed by atoms with E-state index in [-0.39, 0.29) is 0 Å². The van der Waals surface area contributed by atoms with Crippen LogP contribution in [0.3, 0.4) is 0 Å². The average molecular weight is 451 g/mol. The second-order valence-corrected chi connectivity index (χ2v) is 8.14. The molecule has 34 heavy (non-hydrogen) atoms. The van der Waals surface area contributed by atoms with Crippen LogP contribution in [-0.2, 0) is 20.0 Å². The Balaban J connectivity index is 1.44. The lowest BCUT2D eigenvalue weighted by Gasteiger charge is -2.24. The number of aryl methyl sites for hydroxylation is 2. The third kappa shape index (κ3) is 5.30. The molecule has 2 heterocycles. The monoisotopic (exact) mass is 450 g/mol. The first kappa shape index (κ1) is 22.7. The molecule has 0 spiro atoms. The highest BCUT2D eigenvalue weighted by Crippen LogP contribution is 2.24. The number of nitriles is 1. The minimum atomic E-state index is -0.425. The Morgan fingerprint density at radius 2 is 1.88 bits per heavy atom. The van der Waals surface area contributed by atoms with Crippen molar-refractivity contribution in [2.75, 3.05) is 11.4 Å². The maximum Gasteiger partial charge on any atom is 0.249 e. The zero-order valence-electron chi connectivity index (χ0n) is 19.1. The van der Waals surface area contributed by atoms with Crippen molar-refractivity contribution in [1.82, 2.24) is 14.5 Å². The van der Waals surface area contributed by atoms with E-state index in [0.29, 0.717) is 17.8 Å². The van der Waals surface area contributed by atoms with Crippen molar-refractivity contribution >= 4 is 11.6 Å². The summed E-state index contributed by atoms with van der Waals surface area (Å²) in [6.45, 7) is 1.53. The van der Waals surface area contributed by atoms with Gasteiger partial charge in [-0.15, -0.1) is 0 Å². The highest BCUT2D eigenvalue weighted by Gasteiger charge is 2.12. The fourth-order valence-corrected chi connectivity index (χ4v) is 3.95. The van der Waals surface area contributed by atoms with Crippen molar-refractivity contribution in [2.24, 2.45) is 12.8 Å². The largest absolute Gasteiger partial charge is 0.366 e. The van der Waals surface area contributed by atoms with E-state index in [0.717, 1.165) is 41.9 Å². The molecule has 2 aromatic heterocycles. The quantitative estimate of drug-likeness (QED) is 0.414. The summed E-state index contributed by atoms with van der Waals surface area (Å²) in [7, 11) is 1.98. The number of amides is 1. The van der Waals surface area contributed by atoms with Crippen LogP contribution in [0, 0.1) is 11.3 Å². The van der Waals surface area contributed by atoms with E-state index < -0.39 is 5.91 Å². The van der Waals surface area contributed by atoms with Gasteiger partial charge in [0.2, 0.25) is 5.91 Å². The Morgan fingerprint density at radius 3 is 2.53 bits per heavy atom. The number of hydrogen-bond donors (Lipinski definition) is 1. The predicted molar refractivity (Wildman–Crippen MR) is 132 cm³/mol. The van der Waals surface area contributed by atoms with Crippen LogP contribution in [0.1, 0.15) is 33.7 Å². The van der Waals surface area contributed by atoms with Crippen LogP contribution in [0.15, 0.2) is 79.4 Å². The Hall–Kier alpha value is -4.44. The molecule has 7 nitrogen and oxygen atoms in total. The number of nitrogens with zero attached hydrogens (tertiary/aromatic N) is 5. The summed E-state index contributed by atoms with van der Waals surface area (Å²) in [6, 6.07) is 21.4. The molecular weight excluding hydrogens is 424 g/mol. The van der Waals surface area contributed by atoms with Gasteiger partial charge < -0.3 is 15.2 Å². The minimum absolute atomic E-state index is 0.405. The topological polar surface area (TPSA) is 101 Å². The number of imidazole rings is 1. The molecular formula is C27H26N6O. The molecule has 2 aromatic carbocycles. The van der Waals surface area contributed by atoms with Gasteiger partial charge in [0, 0.05) is 25.4 Å². The van der Waals surface area contributed by atoms with Crippen molar-refractivity contribution in [3.63, 3.8) is 0 Å². The molecule has 170 valence electrons. The molecule has 1 amide bonds. The number of anilines is 1. The van der Waals surface area contributed by atoms with Gasteiger partial charge in [-0.05, 0) is 47.7 Å². The van der Waals surface area contributed by atoms with Gasteiger partial charge in [-0.3, -0.25) is 4.79 Å². The Kier molecular flexibility index (Phi) is 6.99. The lowest BCUT2D eigenvalue weighted by Crippen LogP contribution is -2.25. The Labute approximate surface area is 199 Å². The molecule has 4 aromatic rings. The van der Waals surface area contributed by atoms with Crippen LogP contribution in [0.4, 0.5) is 5.69 Å². The van der Waals surface area contributed by atoms with Crippen molar-refractivity contribution < 1.29 is 4.79 Å². The highest BCUT2D eigenvalue weighted by atomic mass is 16.1. The van der Waals surface area contributed by atoms with Crippen LogP contribution < -0.4 is 10.6 Å². The van der Waals surface area contributed by atoms with Crippen molar-refractivity contribution in [2.45, 2.75) is 19.4 Å². The zero-order chi connectivity index (χ0) is 23.9. The molecule has 0 bridgehead atoms. The summed E-state index contributed by atoms with van der Waals surface area (Å²) in [5.41, 5.74) is 11.6. The van der Waals surface area contributed by atoms with E-state index in [2.05, 4.69) is 33.1 Å². The summed E-state index contributed by atoms with van der Waals surface area (Å²) in [6.07, 6.45) is 7.26. The molecule has 0 fully saturated rings. The van der Waals surface area contributed by atoms with Gasteiger partial charge in [0.25, 0.3) is 0 Å². The number of carbonyl (C=O) groups excluding carboxylic acids is 1. The van der Waals surface area contributed by atoms with Gasteiger partial charge in [0.15, 0.2) is 0 Å². The minimum Gasteiger partial charge on any atom is -0.366 e. The van der Waals surface area contributed by atoms with Gasteiger partial charge in [-0.25, -0.2) is 9.97 Å². The number of hydrogen-bond acceptors (Lipinski definition) is 5. The molecule has 4 rings (SSSR count). The van der Waals surface area contributed by atoms with Crippen molar-refractivity contribution in [1.29, 1.82) is 5.26 Å². The number of benzene rings is 2. The first-order chi connectivity index (χ1) is 16.5. The number of nitrogens with two attached hydrogens (primary N) is 1. The number of carbonyl (C=O) groups is 1. The molecule has 7 heteroatoms. The van der Waals surface area contributed by atoms with Crippen molar-refractivity contribution in [3.05, 3.63) is 102 Å². The van der Waals surface area contributed by atoms with Gasteiger partial charge >= 0.3 is 0 Å². The summed E-state index contributed by atoms with van der Waals surface area (Å²) in [4.78, 5) is 22.5. The van der Waals surface area contributed by atoms with Crippen LogP contribution in [0.5, 0.6) is 0 Å². The molecule has 0 saturated carbocycles. The first-order valence-electron chi connectivity index (χ1n) is 11.1. The zero-order valence-corrected chi connectivity index (χ0v) is 19.1. The standard InChI is InChI=1S/C27H26N6O/c1-32-19-30-16-24(32)18-33(23-13-12-22(15-28)31-17-23)14-4-5-20-8-10-21(11-9-20)25-6-2-3-7-26(25)27(29)34/h2-3,6-13,16-17,19H,4-5,14,18H2,1H3,(H2,29,34).